The molecule has 4 atom stereocenters. The van der Waals surface area contributed by atoms with E-state index in [1.165, 1.54) is 32.1 Å². The lowest BCUT2D eigenvalue weighted by atomic mass is 10.0. The Balaban J connectivity index is 2.13. The van der Waals surface area contributed by atoms with Crippen LogP contribution in [0.3, 0.4) is 0 Å². The summed E-state index contributed by atoms with van der Waals surface area (Å²) >= 11 is 1.55. The molecular formula is C14H28O4S. The molecule has 0 aliphatic carbocycles. The van der Waals surface area contributed by atoms with Crippen LogP contribution in [0.1, 0.15) is 51.9 Å². The summed E-state index contributed by atoms with van der Waals surface area (Å²) in [7, 11) is 0. The third kappa shape index (κ3) is 6.45. The number of hydrogen-bond donors (Lipinski definition) is 3. The Labute approximate surface area is 120 Å². The summed E-state index contributed by atoms with van der Waals surface area (Å²) in [6.07, 6.45) is 5.80. The first-order valence-corrected chi connectivity index (χ1v) is 8.48. The summed E-state index contributed by atoms with van der Waals surface area (Å²) in [6.45, 7) is 2.11. The van der Waals surface area contributed by atoms with Crippen LogP contribution in [0, 0.1) is 0 Å². The fourth-order valence-corrected chi connectivity index (χ4v) is 3.47. The second-order valence-electron chi connectivity index (χ2n) is 5.24. The second kappa shape index (κ2) is 10.00. The van der Waals surface area contributed by atoms with Crippen LogP contribution in [0.2, 0.25) is 0 Å². The molecule has 0 aromatic heterocycles. The first-order chi connectivity index (χ1) is 9.19. The average Bonchev–Trinajstić information content (AvgIpc) is 2.42. The lowest BCUT2D eigenvalue weighted by Crippen LogP contribution is -2.47. The van der Waals surface area contributed by atoms with Gasteiger partial charge in [0, 0.05) is 6.42 Å². The maximum absolute atomic E-state index is 9.85. The van der Waals surface area contributed by atoms with Crippen LogP contribution in [-0.4, -0.2) is 51.4 Å². The molecule has 0 radical (unpaired) electrons. The Morgan fingerprint density at radius 3 is 2.47 bits per heavy atom. The normalized spacial score (nSPS) is 31.6. The third-order valence-electron chi connectivity index (χ3n) is 3.49. The van der Waals surface area contributed by atoms with Gasteiger partial charge in [0.05, 0.1) is 18.8 Å². The molecule has 1 saturated heterocycles. The van der Waals surface area contributed by atoms with Gasteiger partial charge in [-0.15, -0.1) is 11.8 Å². The summed E-state index contributed by atoms with van der Waals surface area (Å²) < 4.78 is 5.57. The van der Waals surface area contributed by atoms with Gasteiger partial charge >= 0.3 is 0 Å². The van der Waals surface area contributed by atoms with Crippen molar-refractivity contribution in [3.8, 4) is 0 Å². The molecule has 0 unspecified atom stereocenters. The predicted octanol–water partition coefficient (Wildman–Crippen LogP) is 1.91. The molecule has 0 saturated carbocycles. The van der Waals surface area contributed by atoms with E-state index in [0.717, 1.165) is 12.2 Å². The first kappa shape index (κ1) is 17.2. The number of unbranched alkanes of at least 4 members (excludes halogenated alkanes) is 5. The Hall–Kier alpha value is 0.190. The van der Waals surface area contributed by atoms with Gasteiger partial charge in [-0.25, -0.2) is 0 Å². The standard InChI is InChI=1S/C14H28O4S/c1-2-3-4-5-6-7-8-19-14-13(17)12(16)9-11(10-15)18-14/h11-17H,2-10H2,1H3/t11-,12-,13+,14-/m0/s1. The molecule has 0 bridgehead atoms. The summed E-state index contributed by atoms with van der Waals surface area (Å²) in [6, 6.07) is 0. The lowest BCUT2D eigenvalue weighted by molar-refractivity contribution is -0.145. The van der Waals surface area contributed by atoms with Gasteiger partial charge in [-0.3, -0.25) is 0 Å². The zero-order valence-electron chi connectivity index (χ0n) is 11.8. The molecule has 5 heteroatoms. The van der Waals surface area contributed by atoms with Gasteiger partial charge in [0.1, 0.15) is 11.5 Å². The minimum absolute atomic E-state index is 0.0993. The molecule has 19 heavy (non-hydrogen) atoms. The van der Waals surface area contributed by atoms with Gasteiger partial charge in [-0.1, -0.05) is 39.0 Å². The Kier molecular flexibility index (Phi) is 9.07. The summed E-state index contributed by atoms with van der Waals surface area (Å²) in [4.78, 5) is 0. The smallest absolute Gasteiger partial charge is 0.132 e. The largest absolute Gasteiger partial charge is 0.394 e. The van der Waals surface area contributed by atoms with Crippen molar-refractivity contribution in [1.82, 2.24) is 0 Å². The molecule has 0 aromatic rings. The molecule has 4 nitrogen and oxygen atoms in total. The maximum Gasteiger partial charge on any atom is 0.132 e. The van der Waals surface area contributed by atoms with E-state index in [1.807, 2.05) is 0 Å². The summed E-state index contributed by atoms with van der Waals surface area (Å²) in [5.74, 6) is 0.929. The maximum atomic E-state index is 9.85. The van der Waals surface area contributed by atoms with Crippen molar-refractivity contribution in [1.29, 1.82) is 0 Å². The molecule has 0 spiro atoms. The third-order valence-corrected chi connectivity index (χ3v) is 4.73. The monoisotopic (exact) mass is 292 g/mol. The second-order valence-corrected chi connectivity index (χ2v) is 6.45. The number of aliphatic hydroxyl groups is 3. The van der Waals surface area contributed by atoms with E-state index >= 15 is 0 Å². The molecule has 1 rings (SSSR count). The van der Waals surface area contributed by atoms with Crippen LogP contribution in [0.15, 0.2) is 0 Å². The molecule has 1 aliphatic heterocycles. The number of rotatable bonds is 9. The molecule has 1 heterocycles. The van der Waals surface area contributed by atoms with Gasteiger partial charge in [-0.05, 0) is 12.2 Å². The minimum Gasteiger partial charge on any atom is -0.394 e. The highest BCUT2D eigenvalue weighted by atomic mass is 32.2. The molecule has 114 valence electrons. The lowest BCUT2D eigenvalue weighted by Gasteiger charge is -2.36. The van der Waals surface area contributed by atoms with Crippen molar-refractivity contribution in [3.05, 3.63) is 0 Å². The number of hydrogen-bond acceptors (Lipinski definition) is 5. The van der Waals surface area contributed by atoms with E-state index in [9.17, 15) is 10.2 Å². The van der Waals surface area contributed by atoms with E-state index in [-0.39, 0.29) is 12.7 Å². The van der Waals surface area contributed by atoms with Gasteiger partial charge in [0.2, 0.25) is 0 Å². The highest BCUT2D eigenvalue weighted by Gasteiger charge is 2.36. The van der Waals surface area contributed by atoms with E-state index in [0.29, 0.717) is 6.42 Å². The van der Waals surface area contributed by atoms with E-state index in [2.05, 4.69) is 6.92 Å². The number of thioether (sulfide) groups is 1. The molecule has 0 aromatic carbocycles. The van der Waals surface area contributed by atoms with E-state index < -0.39 is 17.6 Å². The molecule has 0 amide bonds. The summed E-state index contributed by atoms with van der Waals surface area (Å²) in [5.41, 5.74) is -0.406. The SMILES string of the molecule is CCCCCCCCS[C@@H]1O[C@H](CO)C[C@H](O)[C@H]1O. The van der Waals surface area contributed by atoms with Crippen molar-refractivity contribution in [2.24, 2.45) is 0 Å². The van der Waals surface area contributed by atoms with Crippen molar-refractivity contribution < 1.29 is 20.1 Å². The van der Waals surface area contributed by atoms with Gasteiger partial charge in [0.25, 0.3) is 0 Å². The van der Waals surface area contributed by atoms with Crippen LogP contribution >= 0.6 is 11.8 Å². The Bertz CT molecular complexity index is 227. The number of aliphatic hydroxyl groups excluding tert-OH is 3. The zero-order valence-corrected chi connectivity index (χ0v) is 12.6. The fourth-order valence-electron chi connectivity index (χ4n) is 2.25. The quantitative estimate of drug-likeness (QED) is 0.566. The highest BCUT2D eigenvalue weighted by Crippen LogP contribution is 2.28. The van der Waals surface area contributed by atoms with Crippen LogP contribution in [0.5, 0.6) is 0 Å². The highest BCUT2D eigenvalue weighted by molar-refractivity contribution is 7.99. The van der Waals surface area contributed by atoms with Crippen LogP contribution in [-0.2, 0) is 4.74 Å². The Morgan fingerprint density at radius 1 is 1.11 bits per heavy atom. The zero-order chi connectivity index (χ0) is 14.1. The van der Waals surface area contributed by atoms with Crippen molar-refractivity contribution in [2.45, 2.75) is 75.6 Å². The van der Waals surface area contributed by atoms with Crippen LogP contribution in [0.4, 0.5) is 0 Å². The van der Waals surface area contributed by atoms with Crippen molar-refractivity contribution in [3.63, 3.8) is 0 Å². The topological polar surface area (TPSA) is 69.9 Å². The molecule has 1 aliphatic rings. The van der Waals surface area contributed by atoms with Crippen molar-refractivity contribution in [2.75, 3.05) is 12.4 Å². The molecule has 3 N–H and O–H groups in total. The van der Waals surface area contributed by atoms with E-state index in [1.54, 1.807) is 11.8 Å². The fraction of sp³-hybridized carbons (Fsp3) is 1.00. The van der Waals surface area contributed by atoms with Gasteiger partial charge in [-0.2, -0.15) is 0 Å². The summed E-state index contributed by atoms with van der Waals surface area (Å²) in [5, 5.41) is 28.6. The molecule has 1 fully saturated rings. The first-order valence-electron chi connectivity index (χ1n) is 7.43. The predicted molar refractivity (Wildman–Crippen MR) is 78.2 cm³/mol. The average molecular weight is 292 g/mol. The minimum atomic E-state index is -0.840. The van der Waals surface area contributed by atoms with Crippen LogP contribution in [0.25, 0.3) is 0 Å². The van der Waals surface area contributed by atoms with Gasteiger partial charge in [0.15, 0.2) is 0 Å². The van der Waals surface area contributed by atoms with E-state index in [4.69, 9.17) is 9.84 Å². The van der Waals surface area contributed by atoms with Gasteiger partial charge < -0.3 is 20.1 Å². The number of ether oxygens (including phenoxy) is 1. The van der Waals surface area contributed by atoms with Crippen molar-refractivity contribution >= 4 is 11.8 Å². The Morgan fingerprint density at radius 2 is 1.79 bits per heavy atom. The van der Waals surface area contributed by atoms with Crippen LogP contribution < -0.4 is 0 Å². The molecular weight excluding hydrogens is 264 g/mol.